The second-order valence-corrected chi connectivity index (χ2v) is 5.42. The number of oxime groups is 1. The molecule has 1 aromatic rings. The van der Waals surface area contributed by atoms with Crippen LogP contribution in [0.4, 0.5) is 5.69 Å². The molecular formula is C13H18BrN3O2. The van der Waals surface area contributed by atoms with Crippen LogP contribution in [0.25, 0.3) is 0 Å². The first-order valence-electron chi connectivity index (χ1n) is 6.20. The second kappa shape index (κ2) is 6.25. The van der Waals surface area contributed by atoms with Crippen LogP contribution in [0.15, 0.2) is 27.8 Å². The van der Waals surface area contributed by atoms with Crippen LogP contribution in [0.2, 0.25) is 0 Å². The van der Waals surface area contributed by atoms with E-state index in [1.165, 1.54) is 12.8 Å². The first-order valence-corrected chi connectivity index (χ1v) is 6.99. The van der Waals surface area contributed by atoms with Gasteiger partial charge in [-0.3, -0.25) is 0 Å². The molecule has 19 heavy (non-hydrogen) atoms. The molecule has 0 heterocycles. The van der Waals surface area contributed by atoms with Crippen molar-refractivity contribution in [1.82, 2.24) is 0 Å². The van der Waals surface area contributed by atoms with Crippen molar-refractivity contribution >= 4 is 27.5 Å². The van der Waals surface area contributed by atoms with Gasteiger partial charge in [0.1, 0.15) is 0 Å². The van der Waals surface area contributed by atoms with E-state index in [1.807, 2.05) is 18.2 Å². The van der Waals surface area contributed by atoms with Gasteiger partial charge in [0.15, 0.2) is 5.84 Å². The maximum absolute atomic E-state index is 8.72. The van der Waals surface area contributed by atoms with Crippen molar-refractivity contribution in [2.45, 2.75) is 18.9 Å². The number of halogens is 1. The fourth-order valence-corrected chi connectivity index (χ4v) is 2.61. The van der Waals surface area contributed by atoms with Gasteiger partial charge in [-0.15, -0.1) is 0 Å². The zero-order valence-corrected chi connectivity index (χ0v) is 12.4. The molecule has 0 bridgehead atoms. The minimum absolute atomic E-state index is 0.105. The number of amidine groups is 1. The Morgan fingerprint density at radius 2 is 2.32 bits per heavy atom. The summed E-state index contributed by atoms with van der Waals surface area (Å²) in [4.78, 5) is 2.34. The number of nitrogens with zero attached hydrogens (tertiary/aromatic N) is 2. The lowest BCUT2D eigenvalue weighted by Gasteiger charge is -2.25. The Bertz CT molecular complexity index is 475. The van der Waals surface area contributed by atoms with Crippen LogP contribution in [0.1, 0.15) is 18.4 Å². The molecule has 5 nitrogen and oxygen atoms in total. The van der Waals surface area contributed by atoms with Gasteiger partial charge in [-0.1, -0.05) is 5.16 Å². The van der Waals surface area contributed by atoms with Gasteiger partial charge in [0, 0.05) is 35.4 Å². The lowest BCUT2D eigenvalue weighted by atomic mass is 10.1. The van der Waals surface area contributed by atoms with Gasteiger partial charge in [-0.2, -0.15) is 0 Å². The summed E-state index contributed by atoms with van der Waals surface area (Å²) in [7, 11) is 1.71. The zero-order chi connectivity index (χ0) is 13.8. The molecule has 0 saturated heterocycles. The van der Waals surface area contributed by atoms with E-state index in [0.29, 0.717) is 18.2 Å². The Morgan fingerprint density at radius 1 is 1.58 bits per heavy atom. The van der Waals surface area contributed by atoms with Gasteiger partial charge >= 0.3 is 0 Å². The van der Waals surface area contributed by atoms with Crippen molar-refractivity contribution in [3.63, 3.8) is 0 Å². The highest BCUT2D eigenvalue weighted by Crippen LogP contribution is 2.33. The number of benzene rings is 1. The SMILES string of the molecule is COCCN(c1ccc(/C(N)=N/O)c(Br)c1)C1CC1. The topological polar surface area (TPSA) is 71.1 Å². The van der Waals surface area contributed by atoms with E-state index >= 15 is 0 Å². The van der Waals surface area contributed by atoms with Crippen molar-refractivity contribution in [3.8, 4) is 0 Å². The fourth-order valence-electron chi connectivity index (χ4n) is 2.04. The van der Waals surface area contributed by atoms with Gasteiger partial charge < -0.3 is 20.6 Å². The van der Waals surface area contributed by atoms with Crippen LogP contribution >= 0.6 is 15.9 Å². The Labute approximate surface area is 121 Å². The molecule has 0 amide bonds. The lowest BCUT2D eigenvalue weighted by molar-refractivity contribution is 0.205. The van der Waals surface area contributed by atoms with Crippen molar-refractivity contribution < 1.29 is 9.94 Å². The molecule has 2 rings (SSSR count). The summed E-state index contributed by atoms with van der Waals surface area (Å²) in [6.07, 6.45) is 2.45. The van der Waals surface area contributed by atoms with Crippen molar-refractivity contribution in [2.75, 3.05) is 25.2 Å². The number of anilines is 1. The molecule has 0 aromatic heterocycles. The third-order valence-electron chi connectivity index (χ3n) is 3.19. The Balaban J connectivity index is 2.21. The number of hydrogen-bond acceptors (Lipinski definition) is 4. The molecule has 0 atom stereocenters. The summed E-state index contributed by atoms with van der Waals surface area (Å²) in [5.74, 6) is 0.105. The monoisotopic (exact) mass is 327 g/mol. The van der Waals surface area contributed by atoms with E-state index < -0.39 is 0 Å². The largest absolute Gasteiger partial charge is 0.409 e. The van der Waals surface area contributed by atoms with Crippen LogP contribution < -0.4 is 10.6 Å². The van der Waals surface area contributed by atoms with Gasteiger partial charge in [-0.05, 0) is 47.0 Å². The Hall–Kier alpha value is -1.27. The van der Waals surface area contributed by atoms with Gasteiger partial charge in [0.05, 0.1) is 6.61 Å². The number of hydrogen-bond donors (Lipinski definition) is 2. The van der Waals surface area contributed by atoms with E-state index in [0.717, 1.165) is 16.7 Å². The Kier molecular flexibility index (Phi) is 4.66. The molecule has 1 aliphatic carbocycles. The summed E-state index contributed by atoms with van der Waals surface area (Å²) in [5, 5.41) is 11.7. The molecular weight excluding hydrogens is 310 g/mol. The highest BCUT2D eigenvalue weighted by atomic mass is 79.9. The molecule has 6 heteroatoms. The molecule has 0 unspecified atom stereocenters. The molecule has 1 fully saturated rings. The molecule has 1 aromatic carbocycles. The Morgan fingerprint density at radius 3 is 2.84 bits per heavy atom. The highest BCUT2D eigenvalue weighted by molar-refractivity contribution is 9.10. The number of ether oxygens (including phenoxy) is 1. The van der Waals surface area contributed by atoms with Crippen LogP contribution in [-0.4, -0.2) is 37.3 Å². The summed E-state index contributed by atoms with van der Waals surface area (Å²) >= 11 is 3.46. The van der Waals surface area contributed by atoms with Crippen molar-refractivity contribution in [2.24, 2.45) is 10.9 Å². The minimum atomic E-state index is 0.105. The van der Waals surface area contributed by atoms with E-state index in [9.17, 15) is 0 Å². The summed E-state index contributed by atoms with van der Waals surface area (Å²) < 4.78 is 5.98. The third-order valence-corrected chi connectivity index (χ3v) is 3.85. The normalized spacial score (nSPS) is 15.6. The third kappa shape index (κ3) is 3.39. The van der Waals surface area contributed by atoms with E-state index in [1.54, 1.807) is 7.11 Å². The zero-order valence-electron chi connectivity index (χ0n) is 10.8. The average molecular weight is 328 g/mol. The van der Waals surface area contributed by atoms with Gasteiger partial charge in [-0.25, -0.2) is 0 Å². The van der Waals surface area contributed by atoms with Gasteiger partial charge in [0.25, 0.3) is 0 Å². The first-order chi connectivity index (χ1) is 9.17. The molecule has 3 N–H and O–H groups in total. The second-order valence-electron chi connectivity index (χ2n) is 4.57. The maximum atomic E-state index is 8.72. The molecule has 1 aliphatic rings. The number of nitrogens with two attached hydrogens (primary N) is 1. The number of methoxy groups -OCH3 is 1. The van der Waals surface area contributed by atoms with Crippen LogP contribution in [0.3, 0.4) is 0 Å². The lowest BCUT2D eigenvalue weighted by Crippen LogP contribution is -2.29. The summed E-state index contributed by atoms with van der Waals surface area (Å²) in [6, 6.07) is 6.46. The van der Waals surface area contributed by atoms with E-state index in [2.05, 4.69) is 26.0 Å². The van der Waals surface area contributed by atoms with Crippen LogP contribution in [0.5, 0.6) is 0 Å². The molecule has 0 radical (unpaired) electrons. The van der Waals surface area contributed by atoms with Crippen LogP contribution in [0, 0.1) is 0 Å². The fraction of sp³-hybridized carbons (Fsp3) is 0.462. The minimum Gasteiger partial charge on any atom is -0.409 e. The summed E-state index contributed by atoms with van der Waals surface area (Å²) in [5.41, 5.74) is 7.42. The molecule has 1 saturated carbocycles. The molecule has 0 spiro atoms. The first kappa shape index (κ1) is 14.1. The predicted molar refractivity (Wildman–Crippen MR) is 78.9 cm³/mol. The van der Waals surface area contributed by atoms with Gasteiger partial charge in [0.2, 0.25) is 0 Å². The summed E-state index contributed by atoms with van der Waals surface area (Å²) in [6.45, 7) is 1.58. The predicted octanol–water partition coefficient (Wildman–Crippen LogP) is 2.16. The maximum Gasteiger partial charge on any atom is 0.171 e. The van der Waals surface area contributed by atoms with Crippen molar-refractivity contribution in [3.05, 3.63) is 28.2 Å². The highest BCUT2D eigenvalue weighted by Gasteiger charge is 2.29. The van der Waals surface area contributed by atoms with E-state index in [-0.39, 0.29) is 5.84 Å². The standard InChI is InChI=1S/C13H18BrN3O2/c1-19-7-6-17(9-2-3-9)10-4-5-11(12(14)8-10)13(15)16-18/h4-5,8-9,18H,2-3,6-7H2,1H3,(H2,15,16). The molecule has 104 valence electrons. The molecule has 0 aliphatic heterocycles. The number of rotatable bonds is 6. The average Bonchev–Trinajstić information content (AvgIpc) is 3.23. The van der Waals surface area contributed by atoms with Crippen LogP contribution in [-0.2, 0) is 4.74 Å². The van der Waals surface area contributed by atoms with Crippen molar-refractivity contribution in [1.29, 1.82) is 0 Å². The smallest absolute Gasteiger partial charge is 0.171 e. The quantitative estimate of drug-likeness (QED) is 0.363. The van der Waals surface area contributed by atoms with E-state index in [4.69, 9.17) is 15.7 Å².